The molecule has 0 unspecified atom stereocenters. The molecule has 3 rings (SSSR count). The van der Waals surface area contributed by atoms with Crippen LogP contribution in [0.1, 0.15) is 57.5 Å². The third-order valence-electron chi connectivity index (χ3n) is 7.70. The molecular weight excluding hydrogens is 692 g/mol. The highest BCUT2D eigenvalue weighted by Gasteiger charge is 2.41. The summed E-state index contributed by atoms with van der Waals surface area (Å²) < 4.78 is 50.6. The zero-order valence-electron chi connectivity index (χ0n) is 25.7. The molecule has 0 radical (unpaired) electrons. The number of aryl methyl sites for hydroxylation is 1. The molecule has 0 N–H and O–H groups in total. The van der Waals surface area contributed by atoms with E-state index < -0.39 is 29.9 Å². The second kappa shape index (κ2) is 14.7. The summed E-state index contributed by atoms with van der Waals surface area (Å²) in [6.07, 6.45) is 1.30. The first-order valence-corrected chi connectivity index (χ1v) is 19.0. The summed E-state index contributed by atoms with van der Waals surface area (Å²) in [6.45, 7) is 14.6. The van der Waals surface area contributed by atoms with Gasteiger partial charge in [0.1, 0.15) is 20.5 Å². The lowest BCUT2D eigenvalue weighted by atomic mass is 10.2. The van der Waals surface area contributed by atoms with Crippen molar-refractivity contribution in [3.8, 4) is 11.5 Å². The number of benzene rings is 3. The van der Waals surface area contributed by atoms with E-state index in [0.29, 0.717) is 22.2 Å². The summed E-state index contributed by atoms with van der Waals surface area (Å²) in [5.41, 5.74) is 5.90. The predicted octanol–water partition coefficient (Wildman–Crippen LogP) is 8.90. The maximum atomic E-state index is 15.2. The number of halogens is 2. The highest BCUT2D eigenvalue weighted by Crippen LogP contribution is 2.41. The van der Waals surface area contributed by atoms with Gasteiger partial charge < -0.3 is 4.74 Å². The van der Waals surface area contributed by atoms with Gasteiger partial charge in [0.05, 0.1) is 21.7 Å². The van der Waals surface area contributed by atoms with Crippen LogP contribution in [0.25, 0.3) is 0 Å². The maximum absolute atomic E-state index is 15.2. The molecule has 228 valence electrons. The average molecular weight is 732 g/mol. The predicted molar refractivity (Wildman–Crippen MR) is 184 cm³/mol. The number of nitrogens with zero attached hydrogens (tertiary/aromatic N) is 1. The SMILES string of the molecule is Cc1ccc(S(=O)(=O)N(/C=C(\C#C[Si](C(C)C)(C(C)C)C(C)C)COC(=O)c2ccccc2I)c2ccccc2F)cc1. The number of rotatable bonds is 10. The van der Waals surface area contributed by atoms with Crippen LogP contribution in [0.15, 0.2) is 89.5 Å². The van der Waals surface area contributed by atoms with Gasteiger partial charge in [-0.05, 0) is 82.5 Å². The van der Waals surface area contributed by atoms with Gasteiger partial charge in [-0.2, -0.15) is 0 Å². The van der Waals surface area contributed by atoms with Gasteiger partial charge in [0.25, 0.3) is 10.0 Å². The number of sulfonamides is 1. The summed E-state index contributed by atoms with van der Waals surface area (Å²) in [5.74, 6) is 1.97. The maximum Gasteiger partial charge on any atom is 0.339 e. The summed E-state index contributed by atoms with van der Waals surface area (Å²) in [5, 5.41) is 0. The van der Waals surface area contributed by atoms with Gasteiger partial charge in [-0.1, -0.05) is 89.4 Å². The Bertz CT molecular complexity index is 1620. The lowest BCUT2D eigenvalue weighted by molar-refractivity contribution is 0.0542. The minimum Gasteiger partial charge on any atom is -0.456 e. The number of hydrogen-bond donors (Lipinski definition) is 0. The third-order valence-corrected chi connectivity index (χ3v) is 16.6. The smallest absolute Gasteiger partial charge is 0.339 e. The first-order chi connectivity index (χ1) is 20.2. The molecule has 5 nitrogen and oxygen atoms in total. The number of anilines is 1. The van der Waals surface area contributed by atoms with Crippen molar-refractivity contribution in [3.05, 3.63) is 105 Å². The fourth-order valence-corrected chi connectivity index (χ4v) is 12.7. The third kappa shape index (κ3) is 7.97. The van der Waals surface area contributed by atoms with Crippen molar-refractivity contribution in [1.82, 2.24) is 0 Å². The summed E-state index contributed by atoms with van der Waals surface area (Å²) >= 11 is 2.06. The standard InChI is InChI=1S/C34H39FINO4SSi/c1-24(2)43(25(3)4,26(5)6)21-20-28(23-41-34(38)30-12-8-10-14-32(30)36)22-37(33-15-11-9-13-31(33)35)42(39,40)29-18-16-27(7)17-19-29/h8-19,22,24-26H,23H2,1-7H3/b28-22+. The van der Waals surface area contributed by atoms with Crippen LogP contribution in [0.5, 0.6) is 0 Å². The highest BCUT2D eigenvalue weighted by molar-refractivity contribution is 14.1. The molecule has 0 saturated heterocycles. The molecule has 0 amide bonds. The largest absolute Gasteiger partial charge is 0.456 e. The monoisotopic (exact) mass is 731 g/mol. The Morgan fingerprint density at radius 1 is 0.930 bits per heavy atom. The second-order valence-electron chi connectivity index (χ2n) is 11.4. The van der Waals surface area contributed by atoms with Crippen LogP contribution in [0, 0.1) is 27.8 Å². The molecule has 0 atom stereocenters. The van der Waals surface area contributed by atoms with Crippen LogP contribution in [0.4, 0.5) is 10.1 Å². The van der Waals surface area contributed by atoms with Gasteiger partial charge in [-0.15, -0.1) is 5.54 Å². The Labute approximate surface area is 270 Å². The lowest BCUT2D eigenvalue weighted by Gasteiger charge is -2.38. The zero-order valence-corrected chi connectivity index (χ0v) is 29.7. The molecule has 0 aliphatic rings. The first kappa shape index (κ1) is 34.5. The van der Waals surface area contributed by atoms with E-state index >= 15 is 4.39 Å². The first-order valence-electron chi connectivity index (χ1n) is 14.2. The molecule has 0 heterocycles. The Kier molecular flexibility index (Phi) is 11.8. The van der Waals surface area contributed by atoms with Crippen molar-refractivity contribution in [3.63, 3.8) is 0 Å². The van der Waals surface area contributed by atoms with Crippen molar-refractivity contribution in [2.24, 2.45) is 0 Å². The number of hydrogen-bond acceptors (Lipinski definition) is 4. The van der Waals surface area contributed by atoms with Crippen LogP contribution in [-0.2, 0) is 14.8 Å². The van der Waals surface area contributed by atoms with Crippen molar-refractivity contribution in [2.75, 3.05) is 10.9 Å². The van der Waals surface area contributed by atoms with Crippen molar-refractivity contribution in [2.45, 2.75) is 70.0 Å². The number of carbonyl (C=O) groups excluding carboxylic acids is 1. The van der Waals surface area contributed by atoms with Crippen molar-refractivity contribution >= 4 is 52.3 Å². The van der Waals surface area contributed by atoms with Gasteiger partial charge in [0.15, 0.2) is 0 Å². The molecule has 43 heavy (non-hydrogen) atoms. The molecule has 3 aromatic rings. The number of carbonyl (C=O) groups is 1. The van der Waals surface area contributed by atoms with E-state index in [2.05, 4.69) is 75.6 Å². The average Bonchev–Trinajstić information content (AvgIpc) is 2.94. The lowest BCUT2D eigenvalue weighted by Crippen LogP contribution is -2.43. The van der Waals surface area contributed by atoms with Gasteiger partial charge in [0, 0.05) is 9.77 Å². The van der Waals surface area contributed by atoms with Crippen LogP contribution < -0.4 is 4.31 Å². The van der Waals surface area contributed by atoms with Crippen molar-refractivity contribution < 1.29 is 22.3 Å². The van der Waals surface area contributed by atoms with Gasteiger partial charge in [-0.25, -0.2) is 21.9 Å². The Morgan fingerprint density at radius 2 is 1.49 bits per heavy atom. The molecule has 3 aromatic carbocycles. The summed E-state index contributed by atoms with van der Waals surface area (Å²) in [4.78, 5) is 13.1. The van der Waals surface area contributed by atoms with E-state index in [1.165, 1.54) is 36.5 Å². The molecule has 0 fully saturated rings. The van der Waals surface area contributed by atoms with Gasteiger partial charge in [0.2, 0.25) is 0 Å². The Morgan fingerprint density at radius 3 is 2.05 bits per heavy atom. The normalized spacial score (nSPS) is 12.3. The molecule has 0 aromatic heterocycles. The summed E-state index contributed by atoms with van der Waals surface area (Å²) in [6, 6.07) is 19.1. The minimum absolute atomic E-state index is 0.00370. The fraction of sp³-hybridized carbons (Fsp3) is 0.324. The van der Waals surface area contributed by atoms with E-state index in [-0.39, 0.29) is 22.8 Å². The van der Waals surface area contributed by atoms with Crippen molar-refractivity contribution in [1.29, 1.82) is 0 Å². The van der Waals surface area contributed by atoms with Crippen LogP contribution in [0.2, 0.25) is 16.6 Å². The van der Waals surface area contributed by atoms with Gasteiger partial charge in [-0.3, -0.25) is 0 Å². The van der Waals surface area contributed by atoms with E-state index in [4.69, 9.17) is 4.74 Å². The molecule has 0 saturated carbocycles. The molecular formula is C34H39FINO4SSi. The fourth-order valence-electron chi connectivity index (χ4n) is 5.44. The van der Waals surface area contributed by atoms with Gasteiger partial charge >= 0.3 is 5.97 Å². The molecule has 0 aliphatic heterocycles. The summed E-state index contributed by atoms with van der Waals surface area (Å²) in [7, 11) is -6.53. The Hall–Kier alpha value is -2.94. The molecule has 0 aliphatic carbocycles. The van der Waals surface area contributed by atoms with Crippen LogP contribution >= 0.6 is 22.6 Å². The minimum atomic E-state index is -4.27. The second-order valence-corrected chi connectivity index (χ2v) is 20.0. The zero-order chi connectivity index (χ0) is 31.9. The van der Waals surface area contributed by atoms with E-state index in [9.17, 15) is 13.2 Å². The quantitative estimate of drug-likeness (QED) is 0.0905. The highest BCUT2D eigenvalue weighted by atomic mass is 127. The van der Waals surface area contributed by atoms with E-state index in [1.54, 1.807) is 36.4 Å². The Balaban J connectivity index is 2.24. The molecule has 0 spiro atoms. The molecule has 0 bridgehead atoms. The van der Waals surface area contributed by atoms with Crippen LogP contribution in [0.3, 0.4) is 0 Å². The van der Waals surface area contributed by atoms with E-state index in [0.717, 1.165) is 13.4 Å². The number of ether oxygens (including phenoxy) is 1. The number of para-hydroxylation sites is 1. The topological polar surface area (TPSA) is 63.7 Å². The number of esters is 1. The van der Waals surface area contributed by atoms with E-state index in [1.807, 2.05) is 13.0 Å². The van der Waals surface area contributed by atoms with Crippen LogP contribution in [-0.4, -0.2) is 29.1 Å². The molecule has 9 heteroatoms.